The molecule has 118 valence electrons. The number of hydrogen-bond acceptors (Lipinski definition) is 5. The van der Waals surface area contributed by atoms with Gasteiger partial charge in [0.25, 0.3) is 0 Å². The van der Waals surface area contributed by atoms with Gasteiger partial charge in [-0.2, -0.15) is 0 Å². The molecule has 2 aromatic rings. The summed E-state index contributed by atoms with van der Waals surface area (Å²) in [5.41, 5.74) is 1.77. The SMILES string of the molecule is CN(C)CC1(CO)CCCN(c2cnc3ccccc3n2)C1. The third-order valence-electron chi connectivity index (χ3n) is 4.41. The maximum Gasteiger partial charge on any atom is 0.147 e. The molecule has 1 N–H and O–H groups in total. The van der Waals surface area contributed by atoms with Crippen molar-refractivity contribution in [3.63, 3.8) is 0 Å². The Hall–Kier alpha value is -1.72. The predicted octanol–water partition coefficient (Wildman–Crippen LogP) is 1.77. The summed E-state index contributed by atoms with van der Waals surface area (Å²) in [6.45, 7) is 2.90. The highest BCUT2D eigenvalue weighted by Crippen LogP contribution is 2.32. The average Bonchev–Trinajstić information content (AvgIpc) is 2.54. The van der Waals surface area contributed by atoms with Crippen molar-refractivity contribution in [3.8, 4) is 0 Å². The van der Waals surface area contributed by atoms with E-state index in [1.807, 2.05) is 30.5 Å². The normalized spacial score (nSPS) is 22.5. The zero-order chi connectivity index (χ0) is 15.6. The number of hydrogen-bond donors (Lipinski definition) is 1. The first kappa shape index (κ1) is 15.2. The molecule has 1 aliphatic rings. The lowest BCUT2D eigenvalue weighted by molar-refractivity contribution is 0.0760. The molecule has 0 spiro atoms. The lowest BCUT2D eigenvalue weighted by atomic mass is 9.80. The van der Waals surface area contributed by atoms with Crippen LogP contribution in [0.3, 0.4) is 0 Å². The fourth-order valence-electron chi connectivity index (χ4n) is 3.48. The molecule has 1 fully saturated rings. The largest absolute Gasteiger partial charge is 0.396 e. The fourth-order valence-corrected chi connectivity index (χ4v) is 3.48. The van der Waals surface area contributed by atoms with Gasteiger partial charge in [0.1, 0.15) is 5.82 Å². The molecule has 5 nitrogen and oxygen atoms in total. The summed E-state index contributed by atoms with van der Waals surface area (Å²) in [6, 6.07) is 7.94. The molecule has 2 heterocycles. The average molecular weight is 300 g/mol. The molecule has 0 saturated carbocycles. The third kappa shape index (κ3) is 3.05. The highest BCUT2D eigenvalue weighted by Gasteiger charge is 2.36. The van der Waals surface area contributed by atoms with Crippen LogP contribution in [0.25, 0.3) is 11.0 Å². The lowest BCUT2D eigenvalue weighted by Gasteiger charge is -2.43. The van der Waals surface area contributed by atoms with E-state index in [0.29, 0.717) is 0 Å². The molecule has 1 aliphatic heterocycles. The maximum atomic E-state index is 9.94. The van der Waals surface area contributed by atoms with E-state index in [-0.39, 0.29) is 12.0 Å². The Morgan fingerprint density at radius 1 is 1.27 bits per heavy atom. The molecule has 0 aliphatic carbocycles. The van der Waals surface area contributed by atoms with Gasteiger partial charge in [0, 0.05) is 25.0 Å². The number of nitrogens with zero attached hydrogens (tertiary/aromatic N) is 4. The first-order valence-corrected chi connectivity index (χ1v) is 7.84. The van der Waals surface area contributed by atoms with Crippen molar-refractivity contribution in [3.05, 3.63) is 30.5 Å². The van der Waals surface area contributed by atoms with Gasteiger partial charge in [0.15, 0.2) is 0 Å². The summed E-state index contributed by atoms with van der Waals surface area (Å²) < 4.78 is 0. The molecule has 5 heteroatoms. The summed E-state index contributed by atoms with van der Waals surface area (Å²) >= 11 is 0. The lowest BCUT2D eigenvalue weighted by Crippen LogP contribution is -2.50. The van der Waals surface area contributed by atoms with Gasteiger partial charge in [-0.05, 0) is 39.1 Å². The molecule has 1 atom stereocenters. The second kappa shape index (κ2) is 6.18. The zero-order valence-electron chi connectivity index (χ0n) is 13.4. The summed E-state index contributed by atoms with van der Waals surface area (Å²) in [5.74, 6) is 0.912. The topological polar surface area (TPSA) is 52.5 Å². The minimum absolute atomic E-state index is 0.0743. The molecular formula is C17H24N4O. The minimum Gasteiger partial charge on any atom is -0.396 e. The third-order valence-corrected chi connectivity index (χ3v) is 4.41. The van der Waals surface area contributed by atoms with E-state index < -0.39 is 0 Å². The highest BCUT2D eigenvalue weighted by molar-refractivity contribution is 5.75. The van der Waals surface area contributed by atoms with Crippen LogP contribution in [0.1, 0.15) is 12.8 Å². The van der Waals surface area contributed by atoms with Crippen LogP contribution >= 0.6 is 0 Å². The van der Waals surface area contributed by atoms with E-state index in [2.05, 4.69) is 28.9 Å². The van der Waals surface area contributed by atoms with E-state index in [9.17, 15) is 5.11 Å². The highest BCUT2D eigenvalue weighted by atomic mass is 16.3. The molecular weight excluding hydrogens is 276 g/mol. The maximum absolute atomic E-state index is 9.94. The van der Waals surface area contributed by atoms with Crippen molar-refractivity contribution >= 4 is 16.9 Å². The van der Waals surface area contributed by atoms with Gasteiger partial charge in [-0.1, -0.05) is 12.1 Å². The Morgan fingerprint density at radius 2 is 2.05 bits per heavy atom. The molecule has 1 aromatic heterocycles. The van der Waals surface area contributed by atoms with Crippen LogP contribution in [0.2, 0.25) is 0 Å². The fraction of sp³-hybridized carbons (Fsp3) is 0.529. The van der Waals surface area contributed by atoms with Crippen molar-refractivity contribution in [2.45, 2.75) is 12.8 Å². The quantitative estimate of drug-likeness (QED) is 0.932. The minimum atomic E-state index is -0.0743. The van der Waals surface area contributed by atoms with E-state index in [0.717, 1.165) is 49.3 Å². The Morgan fingerprint density at radius 3 is 2.77 bits per heavy atom. The van der Waals surface area contributed by atoms with Gasteiger partial charge in [0.05, 0.1) is 23.8 Å². The predicted molar refractivity (Wildman–Crippen MR) is 89.1 cm³/mol. The standard InChI is InChI=1S/C17H24N4O/c1-20(2)11-17(13-22)8-5-9-21(12-17)16-10-18-14-6-3-4-7-15(14)19-16/h3-4,6-7,10,22H,5,8-9,11-13H2,1-2H3. The molecule has 0 radical (unpaired) electrons. The molecule has 1 saturated heterocycles. The summed E-state index contributed by atoms with van der Waals surface area (Å²) in [5, 5.41) is 9.94. The molecule has 3 rings (SSSR count). The number of para-hydroxylation sites is 2. The number of fused-ring (bicyclic) bond motifs is 1. The number of aliphatic hydroxyl groups excluding tert-OH is 1. The molecule has 0 amide bonds. The Balaban J connectivity index is 1.86. The van der Waals surface area contributed by atoms with Crippen molar-refractivity contribution in [2.24, 2.45) is 5.41 Å². The van der Waals surface area contributed by atoms with Crippen molar-refractivity contribution in [1.29, 1.82) is 0 Å². The Kier molecular flexibility index (Phi) is 4.27. The van der Waals surface area contributed by atoms with Crippen LogP contribution in [-0.2, 0) is 0 Å². The number of anilines is 1. The Bertz CT molecular complexity index is 645. The number of rotatable bonds is 4. The van der Waals surface area contributed by atoms with E-state index in [1.165, 1.54) is 0 Å². The summed E-state index contributed by atoms with van der Waals surface area (Å²) in [6.07, 6.45) is 3.98. The van der Waals surface area contributed by atoms with Crippen LogP contribution in [0, 0.1) is 5.41 Å². The first-order valence-electron chi connectivity index (χ1n) is 7.84. The van der Waals surface area contributed by atoms with E-state index in [4.69, 9.17) is 4.98 Å². The van der Waals surface area contributed by atoms with Crippen molar-refractivity contribution in [1.82, 2.24) is 14.9 Å². The van der Waals surface area contributed by atoms with Crippen LogP contribution in [0.15, 0.2) is 30.5 Å². The van der Waals surface area contributed by atoms with Crippen LogP contribution in [0.5, 0.6) is 0 Å². The molecule has 1 aromatic carbocycles. The molecule has 0 bridgehead atoms. The van der Waals surface area contributed by atoms with Crippen LogP contribution in [0.4, 0.5) is 5.82 Å². The zero-order valence-corrected chi connectivity index (χ0v) is 13.4. The number of piperidine rings is 1. The second-order valence-corrected chi connectivity index (χ2v) is 6.64. The van der Waals surface area contributed by atoms with Gasteiger partial charge < -0.3 is 14.9 Å². The van der Waals surface area contributed by atoms with Gasteiger partial charge in [-0.3, -0.25) is 4.98 Å². The smallest absolute Gasteiger partial charge is 0.147 e. The molecule has 1 unspecified atom stereocenters. The van der Waals surface area contributed by atoms with Gasteiger partial charge in [-0.25, -0.2) is 4.98 Å². The van der Waals surface area contributed by atoms with Crippen molar-refractivity contribution < 1.29 is 5.11 Å². The number of aliphatic hydroxyl groups is 1. The number of aromatic nitrogens is 2. The van der Waals surface area contributed by atoms with Gasteiger partial charge in [0.2, 0.25) is 0 Å². The summed E-state index contributed by atoms with van der Waals surface area (Å²) in [4.78, 5) is 13.7. The van der Waals surface area contributed by atoms with E-state index >= 15 is 0 Å². The van der Waals surface area contributed by atoms with E-state index in [1.54, 1.807) is 0 Å². The monoisotopic (exact) mass is 300 g/mol. The van der Waals surface area contributed by atoms with Gasteiger partial charge >= 0.3 is 0 Å². The van der Waals surface area contributed by atoms with Gasteiger partial charge in [-0.15, -0.1) is 0 Å². The molecule has 22 heavy (non-hydrogen) atoms. The van der Waals surface area contributed by atoms with Crippen LogP contribution < -0.4 is 4.90 Å². The second-order valence-electron chi connectivity index (χ2n) is 6.64. The summed E-state index contributed by atoms with van der Waals surface area (Å²) in [7, 11) is 4.12. The van der Waals surface area contributed by atoms with Crippen molar-refractivity contribution in [2.75, 3.05) is 45.2 Å². The van der Waals surface area contributed by atoms with Crippen LogP contribution in [-0.4, -0.2) is 60.3 Å². The Labute approximate surface area is 131 Å². The first-order chi connectivity index (χ1) is 10.6. The number of benzene rings is 1.